The van der Waals surface area contributed by atoms with Gasteiger partial charge < -0.3 is 21.3 Å². The first-order chi connectivity index (χ1) is 28.8. The van der Waals surface area contributed by atoms with Gasteiger partial charge in [-0.1, -0.05) is 174 Å². The van der Waals surface area contributed by atoms with Crippen LogP contribution in [0.4, 0.5) is 0 Å². The first-order valence-electron chi connectivity index (χ1n) is 25.1. The third kappa shape index (κ3) is 69.2. The Labute approximate surface area is 430 Å². The van der Waals surface area contributed by atoms with Crippen LogP contribution in [0.3, 0.4) is 0 Å². The minimum absolute atomic E-state index is 0. The van der Waals surface area contributed by atoms with Crippen molar-refractivity contribution in [3.8, 4) is 0 Å². The van der Waals surface area contributed by atoms with Crippen LogP contribution in [0.2, 0.25) is 0 Å². The van der Waals surface area contributed by atoms with E-state index in [9.17, 15) is 9.59 Å². The fraction of sp³-hybridized carbons (Fsp3) is 0.796. The van der Waals surface area contributed by atoms with Crippen molar-refractivity contribution in [1.82, 2.24) is 4.90 Å². The number of hydrogen-bond donors (Lipinski definition) is 0. The molecule has 0 amide bonds. The van der Waals surface area contributed by atoms with E-state index in [1.807, 2.05) is 32.3 Å². The summed E-state index contributed by atoms with van der Waals surface area (Å²) in [6, 6.07) is 0. The largest absolute Gasteiger partial charge is 2.00 e. The maximum atomic E-state index is 12.4. The number of unbranched alkanes of at least 4 members (excludes halogenated alkanes) is 25. The molecule has 0 aromatic carbocycles. The number of hydrogen-bond acceptors (Lipinski definition) is 5. The summed E-state index contributed by atoms with van der Waals surface area (Å²) in [5.74, 6) is -0.0982. The zero-order valence-corrected chi connectivity index (χ0v) is 49.7. The molecule has 0 heterocycles. The van der Waals surface area contributed by atoms with Crippen molar-refractivity contribution in [1.29, 1.82) is 0 Å². The normalized spacial score (nSPS) is 11.5. The zero-order valence-electron chi connectivity index (χ0n) is 41.4. The number of carbonyl (C=O) groups is 2. The molecule has 0 bridgehead atoms. The molecule has 7 heteroatoms. The van der Waals surface area contributed by atoms with Gasteiger partial charge in [0, 0.05) is 44.0 Å². The van der Waals surface area contributed by atoms with E-state index < -0.39 is 0 Å². The molecule has 1 atom stereocenters. The summed E-state index contributed by atoms with van der Waals surface area (Å²) in [4.78, 5) is 26.4. The van der Waals surface area contributed by atoms with E-state index in [-0.39, 0.29) is 80.3 Å². The molecule has 0 aliphatic carbocycles. The molecular formula is C54H102NO4U2-. The maximum Gasteiger partial charge on any atom is 2.00 e. The standard InChI is InChI=1S/C36H68NO4.2C9H17.2U/c1-5-7-9-11-13-15-19-23-28-34(41-36(39)31-27-32-37(3)4)29-24-20-16-14-17-21-25-30-35(38)40-33-26-22-18-12-10-8-6-2;2*1-3-5-7-9-8-6-4-2;;/h22,26,34H,1,5-21,23-25,27-33H2,2-4H3;2*3,5H,1,4,6-9H2,2H3;;/q3*-1;;+2/b26-22-;2*5-3-;;. The van der Waals surface area contributed by atoms with Crippen molar-refractivity contribution in [2.75, 3.05) is 27.2 Å². The van der Waals surface area contributed by atoms with E-state index >= 15 is 0 Å². The zero-order chi connectivity index (χ0) is 44.1. The molecule has 0 aliphatic rings. The van der Waals surface area contributed by atoms with Crippen LogP contribution in [0.15, 0.2) is 36.5 Å². The van der Waals surface area contributed by atoms with Crippen LogP contribution in [0, 0.1) is 83.0 Å². The van der Waals surface area contributed by atoms with Crippen molar-refractivity contribution in [3.63, 3.8) is 0 Å². The van der Waals surface area contributed by atoms with Gasteiger partial charge in [-0.25, -0.2) is 38.2 Å². The SMILES string of the molecule is [CH2-]/C=C\CCCCCC.[CH2-]/C=C\CCCCCC.[CH2-]CCCCCCCCCC(CCCCCCCCCC(=O)OC/C=C\CCCCCC)OC(=O)CCCN(C)C.[U+2].[U]. The molecule has 0 N–H and O–H groups in total. The Morgan fingerprint density at radius 1 is 0.508 bits per heavy atom. The molecule has 0 aliphatic heterocycles. The summed E-state index contributed by atoms with van der Waals surface area (Å²) in [5.41, 5.74) is 0. The van der Waals surface area contributed by atoms with Crippen LogP contribution in [0.5, 0.6) is 0 Å². The number of allylic oxidation sites excluding steroid dienone is 5. The molecular weight excluding hydrogens is 1200 g/mol. The van der Waals surface area contributed by atoms with Crippen LogP contribution in [0.1, 0.15) is 245 Å². The fourth-order valence-electron chi connectivity index (χ4n) is 6.71. The van der Waals surface area contributed by atoms with Crippen LogP contribution < -0.4 is 0 Å². The monoisotopic (exact) mass is 1300 g/mol. The van der Waals surface area contributed by atoms with Crippen molar-refractivity contribution >= 4 is 11.9 Å². The van der Waals surface area contributed by atoms with E-state index in [4.69, 9.17) is 9.47 Å². The number of carbonyl (C=O) groups excluding carboxylic acids is 2. The van der Waals surface area contributed by atoms with Gasteiger partial charge in [0.2, 0.25) is 0 Å². The average molecular weight is 1310 g/mol. The van der Waals surface area contributed by atoms with Crippen molar-refractivity contribution in [2.24, 2.45) is 0 Å². The Kier molecular flexibility index (Phi) is 73.7. The second-order valence-corrected chi connectivity index (χ2v) is 16.8. The first-order valence-corrected chi connectivity index (χ1v) is 25.1. The van der Waals surface area contributed by atoms with Crippen LogP contribution in [0.25, 0.3) is 0 Å². The summed E-state index contributed by atoms with van der Waals surface area (Å²) in [6.45, 7) is 19.2. The second-order valence-electron chi connectivity index (χ2n) is 16.8. The number of nitrogens with zero attached hydrogens (tertiary/aromatic N) is 1. The molecule has 0 radical (unpaired) electrons. The molecule has 0 fully saturated rings. The Bertz CT molecular complexity index is 887. The van der Waals surface area contributed by atoms with E-state index in [0.717, 1.165) is 64.3 Å². The van der Waals surface area contributed by atoms with Gasteiger partial charge in [-0.05, 0) is 72.0 Å². The first kappa shape index (κ1) is 70.0. The molecule has 1 unspecified atom stereocenters. The summed E-state index contributed by atoms with van der Waals surface area (Å²) < 4.78 is 11.2. The molecule has 5 nitrogen and oxygen atoms in total. The Hall–Kier alpha value is -0.0361. The van der Waals surface area contributed by atoms with Crippen molar-refractivity contribution in [3.05, 3.63) is 57.2 Å². The predicted octanol–water partition coefficient (Wildman–Crippen LogP) is 16.9. The summed E-state index contributed by atoms with van der Waals surface area (Å²) in [7, 11) is 4.08. The number of rotatable bonds is 41. The topological polar surface area (TPSA) is 55.8 Å². The third-order valence-corrected chi connectivity index (χ3v) is 10.5. The van der Waals surface area contributed by atoms with Crippen LogP contribution in [-0.2, 0) is 19.1 Å². The Balaban J connectivity index is -0.000000431. The van der Waals surface area contributed by atoms with Gasteiger partial charge in [-0.15, -0.1) is 12.8 Å². The Morgan fingerprint density at radius 2 is 0.902 bits per heavy atom. The molecule has 0 aromatic heterocycles. The van der Waals surface area contributed by atoms with Crippen LogP contribution >= 0.6 is 0 Å². The van der Waals surface area contributed by atoms with E-state index in [0.29, 0.717) is 19.4 Å². The van der Waals surface area contributed by atoms with Crippen molar-refractivity contribution < 1.29 is 81.3 Å². The van der Waals surface area contributed by atoms with Crippen LogP contribution in [-0.4, -0.2) is 50.2 Å². The Morgan fingerprint density at radius 3 is 1.33 bits per heavy atom. The molecule has 356 valence electrons. The predicted molar refractivity (Wildman–Crippen MR) is 262 cm³/mol. The quantitative estimate of drug-likeness (QED) is 0.0264. The molecule has 61 heavy (non-hydrogen) atoms. The second kappa shape index (κ2) is 64.2. The molecule has 0 saturated heterocycles. The van der Waals surface area contributed by atoms with Gasteiger partial charge >= 0.3 is 43.1 Å². The minimum atomic E-state index is -0.0722. The van der Waals surface area contributed by atoms with Gasteiger partial charge in [0.15, 0.2) is 0 Å². The van der Waals surface area contributed by atoms with Gasteiger partial charge in [-0.2, -0.15) is 6.42 Å². The molecule has 0 spiro atoms. The smallest absolute Gasteiger partial charge is 0.462 e. The molecule has 0 saturated carbocycles. The summed E-state index contributed by atoms with van der Waals surface area (Å²) in [5, 5.41) is 0. The van der Waals surface area contributed by atoms with Gasteiger partial charge in [0.25, 0.3) is 0 Å². The summed E-state index contributed by atoms with van der Waals surface area (Å²) in [6.07, 6.45) is 53.4. The molecule has 0 rings (SSSR count). The van der Waals surface area contributed by atoms with Gasteiger partial charge in [-0.3, -0.25) is 9.59 Å². The summed E-state index contributed by atoms with van der Waals surface area (Å²) >= 11 is 0. The van der Waals surface area contributed by atoms with E-state index in [1.165, 1.54) is 154 Å². The van der Waals surface area contributed by atoms with Crippen molar-refractivity contribution in [2.45, 2.75) is 252 Å². The van der Waals surface area contributed by atoms with E-state index in [1.54, 1.807) is 0 Å². The minimum Gasteiger partial charge on any atom is -0.462 e. The maximum absolute atomic E-state index is 12.4. The third-order valence-electron chi connectivity index (χ3n) is 10.5. The average Bonchev–Trinajstić information content (AvgIpc) is 3.22. The fourth-order valence-corrected chi connectivity index (χ4v) is 6.71. The number of esters is 2. The van der Waals surface area contributed by atoms with Gasteiger partial charge in [0.1, 0.15) is 12.7 Å². The number of ether oxygens (including phenoxy) is 2. The van der Waals surface area contributed by atoms with Gasteiger partial charge in [0.05, 0.1) is 0 Å². The van der Waals surface area contributed by atoms with E-state index in [2.05, 4.69) is 64.7 Å². The molecule has 0 aromatic rings.